The van der Waals surface area contributed by atoms with Crippen LogP contribution in [0.4, 0.5) is 0 Å². The van der Waals surface area contributed by atoms with E-state index in [9.17, 15) is 4.79 Å². The predicted molar refractivity (Wildman–Crippen MR) is 60.1 cm³/mol. The highest BCUT2D eigenvalue weighted by Gasteiger charge is 2.19. The van der Waals surface area contributed by atoms with Crippen LogP contribution in [0.2, 0.25) is 0 Å². The molecule has 1 aliphatic rings. The molecule has 2 rings (SSSR count). The summed E-state index contributed by atoms with van der Waals surface area (Å²) < 4.78 is 10.9. The molecule has 0 saturated carbocycles. The van der Waals surface area contributed by atoms with Gasteiger partial charge in [0.25, 0.3) is 5.91 Å². The van der Waals surface area contributed by atoms with Crippen LogP contribution in [0.25, 0.3) is 0 Å². The van der Waals surface area contributed by atoms with Crippen molar-refractivity contribution in [2.75, 3.05) is 19.8 Å². The maximum atomic E-state index is 11.8. The molecule has 1 aromatic rings. The van der Waals surface area contributed by atoms with Crippen molar-refractivity contribution in [2.24, 2.45) is 0 Å². The lowest BCUT2D eigenvalue weighted by Crippen LogP contribution is -2.26. The first-order valence-corrected chi connectivity index (χ1v) is 5.49. The zero-order valence-corrected chi connectivity index (χ0v) is 9.29. The van der Waals surface area contributed by atoms with Crippen LogP contribution in [0.5, 0.6) is 11.5 Å². The van der Waals surface area contributed by atoms with Crippen molar-refractivity contribution in [3.05, 3.63) is 23.8 Å². The van der Waals surface area contributed by atoms with Crippen LogP contribution < -0.4 is 14.8 Å². The summed E-state index contributed by atoms with van der Waals surface area (Å²) in [7, 11) is 0. The number of hydrogen-bond acceptors (Lipinski definition) is 3. The van der Waals surface area contributed by atoms with Gasteiger partial charge in [-0.1, -0.05) is 13.0 Å². The number of nitrogens with one attached hydrogen (secondary N) is 1. The van der Waals surface area contributed by atoms with Crippen molar-refractivity contribution in [3.8, 4) is 11.5 Å². The molecule has 1 aromatic carbocycles. The molecule has 16 heavy (non-hydrogen) atoms. The van der Waals surface area contributed by atoms with Crippen LogP contribution in [0.15, 0.2) is 18.2 Å². The van der Waals surface area contributed by atoms with E-state index in [1.54, 1.807) is 12.1 Å². The van der Waals surface area contributed by atoms with E-state index in [4.69, 9.17) is 9.47 Å². The largest absolute Gasteiger partial charge is 0.486 e. The minimum absolute atomic E-state index is 0.107. The second-order valence-corrected chi connectivity index (χ2v) is 3.59. The van der Waals surface area contributed by atoms with Gasteiger partial charge in [-0.2, -0.15) is 0 Å². The van der Waals surface area contributed by atoms with Gasteiger partial charge in [-0.15, -0.1) is 0 Å². The molecular weight excluding hydrogens is 206 g/mol. The monoisotopic (exact) mass is 221 g/mol. The Balaban J connectivity index is 2.23. The third kappa shape index (κ3) is 2.10. The highest BCUT2D eigenvalue weighted by molar-refractivity contribution is 5.97. The van der Waals surface area contributed by atoms with E-state index >= 15 is 0 Å². The van der Waals surface area contributed by atoms with Gasteiger partial charge >= 0.3 is 0 Å². The number of hydrogen-bond donors (Lipinski definition) is 1. The Morgan fingerprint density at radius 1 is 1.38 bits per heavy atom. The van der Waals surface area contributed by atoms with E-state index in [-0.39, 0.29) is 5.91 Å². The number of benzene rings is 1. The fourth-order valence-electron chi connectivity index (χ4n) is 1.59. The second-order valence-electron chi connectivity index (χ2n) is 3.59. The van der Waals surface area contributed by atoms with E-state index < -0.39 is 0 Å². The summed E-state index contributed by atoms with van der Waals surface area (Å²) in [5.41, 5.74) is 0.547. The average Bonchev–Trinajstić information content (AvgIpc) is 2.35. The number of carbonyl (C=O) groups excluding carboxylic acids is 1. The van der Waals surface area contributed by atoms with Crippen molar-refractivity contribution >= 4 is 5.91 Å². The van der Waals surface area contributed by atoms with Gasteiger partial charge in [0.2, 0.25) is 0 Å². The Kier molecular flexibility index (Phi) is 3.29. The van der Waals surface area contributed by atoms with Gasteiger partial charge in [-0.3, -0.25) is 4.79 Å². The normalized spacial score (nSPS) is 13.3. The van der Waals surface area contributed by atoms with Crippen LogP contribution in [0, 0.1) is 0 Å². The quantitative estimate of drug-likeness (QED) is 0.843. The third-order valence-corrected chi connectivity index (χ3v) is 2.35. The molecule has 1 aliphatic heterocycles. The van der Waals surface area contributed by atoms with E-state index in [0.717, 1.165) is 6.42 Å². The molecule has 0 radical (unpaired) electrons. The molecule has 1 N–H and O–H groups in total. The predicted octanol–water partition coefficient (Wildman–Crippen LogP) is 1.60. The summed E-state index contributed by atoms with van der Waals surface area (Å²) in [6.45, 7) is 3.71. The Bertz CT molecular complexity index is 390. The molecule has 0 fully saturated rings. The number of ether oxygens (including phenoxy) is 2. The van der Waals surface area contributed by atoms with Crippen LogP contribution in [-0.2, 0) is 0 Å². The molecule has 1 heterocycles. The van der Waals surface area contributed by atoms with Crippen molar-refractivity contribution in [1.82, 2.24) is 5.32 Å². The van der Waals surface area contributed by atoms with Crippen LogP contribution in [0.1, 0.15) is 23.7 Å². The van der Waals surface area contributed by atoms with Gasteiger partial charge in [0, 0.05) is 6.54 Å². The smallest absolute Gasteiger partial charge is 0.255 e. The summed E-state index contributed by atoms with van der Waals surface area (Å²) >= 11 is 0. The lowest BCUT2D eigenvalue weighted by molar-refractivity contribution is 0.0942. The first kappa shape index (κ1) is 10.8. The molecule has 0 unspecified atom stereocenters. The summed E-state index contributed by atoms with van der Waals surface area (Å²) in [5.74, 6) is 1.10. The number of fused-ring (bicyclic) bond motifs is 1. The molecule has 0 aliphatic carbocycles. The van der Waals surface area contributed by atoms with Crippen LogP contribution in [-0.4, -0.2) is 25.7 Å². The standard InChI is InChI=1S/C12H15NO3/c1-2-6-13-12(14)9-4-3-5-10-11(9)16-8-7-15-10/h3-5H,2,6-8H2,1H3,(H,13,14). The molecule has 0 atom stereocenters. The Morgan fingerprint density at radius 2 is 2.19 bits per heavy atom. The molecule has 86 valence electrons. The van der Waals surface area contributed by atoms with Crippen molar-refractivity contribution in [1.29, 1.82) is 0 Å². The van der Waals surface area contributed by atoms with E-state index in [1.165, 1.54) is 0 Å². The van der Waals surface area contributed by atoms with E-state index in [1.807, 2.05) is 13.0 Å². The highest BCUT2D eigenvalue weighted by Crippen LogP contribution is 2.33. The molecular formula is C12H15NO3. The molecule has 1 amide bonds. The zero-order valence-electron chi connectivity index (χ0n) is 9.29. The third-order valence-electron chi connectivity index (χ3n) is 2.35. The first-order valence-electron chi connectivity index (χ1n) is 5.49. The molecule has 4 nitrogen and oxygen atoms in total. The molecule has 0 bridgehead atoms. The lowest BCUT2D eigenvalue weighted by Gasteiger charge is -2.20. The zero-order chi connectivity index (χ0) is 11.4. The SMILES string of the molecule is CCCNC(=O)c1cccc2c1OCCO2. The van der Waals surface area contributed by atoms with Gasteiger partial charge in [-0.05, 0) is 18.6 Å². The van der Waals surface area contributed by atoms with Crippen LogP contribution >= 0.6 is 0 Å². The fourth-order valence-corrected chi connectivity index (χ4v) is 1.59. The maximum absolute atomic E-state index is 11.8. The maximum Gasteiger partial charge on any atom is 0.255 e. The molecule has 0 aromatic heterocycles. The van der Waals surface area contributed by atoms with Crippen molar-refractivity contribution in [2.45, 2.75) is 13.3 Å². The number of para-hydroxylation sites is 1. The Morgan fingerprint density at radius 3 is 3.00 bits per heavy atom. The van der Waals surface area contributed by atoms with Gasteiger partial charge in [0.1, 0.15) is 13.2 Å². The van der Waals surface area contributed by atoms with E-state index in [2.05, 4.69) is 5.32 Å². The summed E-state index contributed by atoms with van der Waals surface area (Å²) in [6, 6.07) is 5.36. The van der Waals surface area contributed by atoms with Gasteiger partial charge in [0.15, 0.2) is 11.5 Å². The molecule has 0 saturated heterocycles. The minimum Gasteiger partial charge on any atom is -0.486 e. The van der Waals surface area contributed by atoms with Gasteiger partial charge in [0.05, 0.1) is 5.56 Å². The number of amides is 1. The molecule has 0 spiro atoms. The van der Waals surface area contributed by atoms with E-state index in [0.29, 0.717) is 36.8 Å². The second kappa shape index (κ2) is 4.88. The summed E-state index contributed by atoms with van der Waals surface area (Å²) in [6.07, 6.45) is 0.915. The number of rotatable bonds is 3. The fraction of sp³-hybridized carbons (Fsp3) is 0.417. The highest BCUT2D eigenvalue weighted by atomic mass is 16.6. The Labute approximate surface area is 94.6 Å². The topological polar surface area (TPSA) is 47.6 Å². The van der Waals surface area contributed by atoms with Crippen molar-refractivity contribution in [3.63, 3.8) is 0 Å². The molecule has 4 heteroatoms. The van der Waals surface area contributed by atoms with Gasteiger partial charge < -0.3 is 14.8 Å². The first-order chi connectivity index (χ1) is 7.83. The minimum atomic E-state index is -0.107. The van der Waals surface area contributed by atoms with Crippen molar-refractivity contribution < 1.29 is 14.3 Å². The summed E-state index contributed by atoms with van der Waals surface area (Å²) in [5, 5.41) is 2.82. The average molecular weight is 221 g/mol. The lowest BCUT2D eigenvalue weighted by atomic mass is 10.1. The Hall–Kier alpha value is -1.71. The van der Waals surface area contributed by atoms with Gasteiger partial charge in [-0.25, -0.2) is 0 Å². The summed E-state index contributed by atoms with van der Waals surface area (Å²) in [4.78, 5) is 11.8. The number of carbonyl (C=O) groups is 1. The van der Waals surface area contributed by atoms with Crippen LogP contribution in [0.3, 0.4) is 0 Å².